The molecular weight excluding hydrogens is 140 g/mol. The molecule has 0 amide bonds. The van der Waals surface area contributed by atoms with Gasteiger partial charge in [-0.15, -0.1) is 0 Å². The molecule has 0 atom stereocenters. The minimum Gasteiger partial charge on any atom is -0.368 e. The molecule has 1 aromatic rings. The Bertz CT molecular complexity index is 179. The second-order valence-electron chi connectivity index (χ2n) is 2.21. The summed E-state index contributed by atoms with van der Waals surface area (Å²) in [6.45, 7) is 2.50. The number of hydrogen-bond donors (Lipinski definition) is 2. The van der Waals surface area contributed by atoms with Crippen molar-refractivity contribution in [2.24, 2.45) is 0 Å². The van der Waals surface area contributed by atoms with Crippen molar-refractivity contribution >= 4 is 5.95 Å². The number of nitrogen functional groups attached to an aromatic ring is 1. The molecule has 3 N–H and O–H groups in total. The van der Waals surface area contributed by atoms with Crippen molar-refractivity contribution in [2.45, 2.75) is 6.42 Å². The predicted octanol–water partition coefficient (Wildman–Crippen LogP) is 0.0385. The van der Waals surface area contributed by atoms with Gasteiger partial charge < -0.3 is 11.1 Å². The Morgan fingerprint density at radius 1 is 1.27 bits per heavy atom. The zero-order valence-corrected chi connectivity index (χ0v) is 6.33. The van der Waals surface area contributed by atoms with Crippen LogP contribution in [0, 0.1) is 0 Å². The lowest BCUT2D eigenvalue weighted by Crippen LogP contribution is -2.29. The number of nitrogens with one attached hydrogen (secondary N) is 1. The lowest BCUT2D eigenvalue weighted by Gasteiger charge is -2.09. The largest absolute Gasteiger partial charge is 0.368 e. The summed E-state index contributed by atoms with van der Waals surface area (Å²) in [7, 11) is 0. The van der Waals surface area contributed by atoms with E-state index >= 15 is 0 Å². The van der Waals surface area contributed by atoms with Crippen LogP contribution in [0.15, 0.2) is 18.5 Å². The molecule has 0 unspecified atom stereocenters. The molecule has 1 saturated heterocycles. The molecule has 1 aliphatic rings. The molecule has 4 nitrogen and oxygen atoms in total. The average molecular weight is 152 g/mol. The molecule has 0 radical (unpaired) electrons. The van der Waals surface area contributed by atoms with E-state index < -0.39 is 0 Å². The quantitative estimate of drug-likeness (QED) is 0.551. The third-order valence-electron chi connectivity index (χ3n) is 1.29. The van der Waals surface area contributed by atoms with Gasteiger partial charge in [-0.2, -0.15) is 0 Å². The Morgan fingerprint density at radius 3 is 1.91 bits per heavy atom. The van der Waals surface area contributed by atoms with E-state index in [0.717, 1.165) is 0 Å². The number of nitrogens with zero attached hydrogens (tertiary/aromatic N) is 2. The van der Waals surface area contributed by atoms with E-state index in [1.165, 1.54) is 19.5 Å². The molecule has 1 aromatic heterocycles. The summed E-state index contributed by atoms with van der Waals surface area (Å²) in [4.78, 5) is 7.29. The van der Waals surface area contributed by atoms with Gasteiger partial charge in [-0.1, -0.05) is 0 Å². The number of anilines is 1. The van der Waals surface area contributed by atoms with Crippen LogP contribution in [-0.4, -0.2) is 23.1 Å². The van der Waals surface area contributed by atoms with Crippen LogP contribution in [-0.2, 0) is 0 Å². The molecule has 0 aliphatic carbocycles. The summed E-state index contributed by atoms with van der Waals surface area (Å²) in [6, 6.07) is 1.72. The summed E-state index contributed by atoms with van der Waals surface area (Å²) in [5.74, 6) is 0.322. The first-order valence-corrected chi connectivity index (χ1v) is 3.63. The van der Waals surface area contributed by atoms with Crippen LogP contribution >= 0.6 is 0 Å². The summed E-state index contributed by atoms with van der Waals surface area (Å²) in [6.07, 6.45) is 4.59. The highest BCUT2D eigenvalue weighted by Crippen LogP contribution is 1.81. The lowest BCUT2D eigenvalue weighted by atomic mass is 10.3. The molecule has 0 bridgehead atoms. The standard InChI is InChI=1S/C4H5N3.C3H7N/c5-4-6-2-1-3-7-4;1-2-4-3-1/h1-3H,(H2,5,6,7);4H,1-3H2. The van der Waals surface area contributed by atoms with E-state index in [9.17, 15) is 0 Å². The highest BCUT2D eigenvalue weighted by molar-refractivity contribution is 5.11. The van der Waals surface area contributed by atoms with Crippen LogP contribution in [0.3, 0.4) is 0 Å². The maximum atomic E-state index is 5.14. The molecule has 2 heterocycles. The van der Waals surface area contributed by atoms with E-state index in [0.29, 0.717) is 5.95 Å². The van der Waals surface area contributed by atoms with Gasteiger partial charge in [0.1, 0.15) is 0 Å². The smallest absolute Gasteiger partial charge is 0.219 e. The maximum absolute atomic E-state index is 5.14. The fourth-order valence-electron chi connectivity index (χ4n) is 0.487. The van der Waals surface area contributed by atoms with E-state index in [4.69, 9.17) is 5.73 Å². The van der Waals surface area contributed by atoms with Gasteiger partial charge in [-0.05, 0) is 25.6 Å². The van der Waals surface area contributed by atoms with Crippen molar-refractivity contribution < 1.29 is 0 Å². The number of nitrogens with two attached hydrogens (primary N) is 1. The van der Waals surface area contributed by atoms with Crippen molar-refractivity contribution in [3.63, 3.8) is 0 Å². The summed E-state index contributed by atoms with van der Waals surface area (Å²) >= 11 is 0. The number of aromatic nitrogens is 2. The Labute approximate surface area is 65.9 Å². The number of rotatable bonds is 0. The van der Waals surface area contributed by atoms with Gasteiger partial charge in [-0.3, -0.25) is 0 Å². The monoisotopic (exact) mass is 152 g/mol. The van der Waals surface area contributed by atoms with Gasteiger partial charge in [0.15, 0.2) is 0 Å². The lowest BCUT2D eigenvalue weighted by molar-refractivity contribution is 0.527. The molecule has 0 spiro atoms. The van der Waals surface area contributed by atoms with Gasteiger partial charge in [0.2, 0.25) is 5.95 Å². The SMILES string of the molecule is C1CNC1.Nc1ncccn1. The second-order valence-corrected chi connectivity index (χ2v) is 2.21. The van der Waals surface area contributed by atoms with Crippen molar-refractivity contribution in [1.29, 1.82) is 0 Å². The van der Waals surface area contributed by atoms with Gasteiger partial charge in [0.25, 0.3) is 0 Å². The minimum absolute atomic E-state index is 0.322. The summed E-state index contributed by atoms with van der Waals surface area (Å²) in [5.41, 5.74) is 5.14. The zero-order valence-electron chi connectivity index (χ0n) is 6.33. The van der Waals surface area contributed by atoms with Crippen LogP contribution in [0.25, 0.3) is 0 Å². The zero-order chi connectivity index (χ0) is 7.94. The van der Waals surface area contributed by atoms with Gasteiger partial charge in [0, 0.05) is 12.4 Å². The Balaban J connectivity index is 0.000000128. The second kappa shape index (κ2) is 4.62. The molecule has 0 aromatic carbocycles. The third kappa shape index (κ3) is 3.52. The molecule has 1 fully saturated rings. The topological polar surface area (TPSA) is 63.8 Å². The summed E-state index contributed by atoms with van der Waals surface area (Å²) < 4.78 is 0. The highest BCUT2D eigenvalue weighted by atomic mass is 15.0. The third-order valence-corrected chi connectivity index (χ3v) is 1.29. The minimum atomic E-state index is 0.322. The molecule has 2 rings (SSSR count). The highest BCUT2D eigenvalue weighted by Gasteiger charge is 1.92. The fraction of sp³-hybridized carbons (Fsp3) is 0.429. The van der Waals surface area contributed by atoms with Crippen LogP contribution in [0.4, 0.5) is 5.95 Å². The van der Waals surface area contributed by atoms with Crippen molar-refractivity contribution in [3.05, 3.63) is 18.5 Å². The van der Waals surface area contributed by atoms with Crippen LogP contribution in [0.5, 0.6) is 0 Å². The first kappa shape index (κ1) is 7.94. The van der Waals surface area contributed by atoms with E-state index in [-0.39, 0.29) is 0 Å². The van der Waals surface area contributed by atoms with Gasteiger partial charge in [-0.25, -0.2) is 9.97 Å². The van der Waals surface area contributed by atoms with Crippen LogP contribution in [0.2, 0.25) is 0 Å². The maximum Gasteiger partial charge on any atom is 0.219 e. The van der Waals surface area contributed by atoms with Crippen LogP contribution < -0.4 is 11.1 Å². The summed E-state index contributed by atoms with van der Waals surface area (Å²) in [5, 5.41) is 3.11. The fourth-order valence-corrected chi connectivity index (χ4v) is 0.487. The van der Waals surface area contributed by atoms with Crippen molar-refractivity contribution in [3.8, 4) is 0 Å². The van der Waals surface area contributed by atoms with Gasteiger partial charge >= 0.3 is 0 Å². The molecule has 11 heavy (non-hydrogen) atoms. The van der Waals surface area contributed by atoms with E-state index in [2.05, 4.69) is 15.3 Å². The predicted molar refractivity (Wildman–Crippen MR) is 43.9 cm³/mol. The Hall–Kier alpha value is -1.16. The number of hydrogen-bond acceptors (Lipinski definition) is 4. The molecule has 60 valence electrons. The molecular formula is C7H12N4. The van der Waals surface area contributed by atoms with Crippen molar-refractivity contribution in [1.82, 2.24) is 15.3 Å². The molecule has 4 heteroatoms. The first-order valence-electron chi connectivity index (χ1n) is 3.63. The molecule has 0 saturated carbocycles. The Kier molecular flexibility index (Phi) is 3.34. The van der Waals surface area contributed by atoms with Gasteiger partial charge in [0.05, 0.1) is 0 Å². The first-order chi connectivity index (χ1) is 5.39. The molecule has 1 aliphatic heterocycles. The van der Waals surface area contributed by atoms with E-state index in [1.807, 2.05) is 0 Å². The van der Waals surface area contributed by atoms with E-state index in [1.54, 1.807) is 18.5 Å². The average Bonchev–Trinajstić information content (AvgIpc) is 1.85. The Morgan fingerprint density at radius 2 is 1.73 bits per heavy atom. The van der Waals surface area contributed by atoms with Crippen molar-refractivity contribution in [2.75, 3.05) is 18.8 Å². The normalized spacial score (nSPS) is 14.2. The van der Waals surface area contributed by atoms with Crippen LogP contribution in [0.1, 0.15) is 6.42 Å².